The molecule has 1 saturated heterocycles. The summed E-state index contributed by atoms with van der Waals surface area (Å²) in [6.45, 7) is 9.07. The zero-order valence-electron chi connectivity index (χ0n) is 10.7. The largest absolute Gasteiger partial charge is 0.444 e. The van der Waals surface area contributed by atoms with Gasteiger partial charge in [0.2, 0.25) is 3.79 Å². The summed E-state index contributed by atoms with van der Waals surface area (Å²) in [4.78, 5) is 24.9. The molecule has 0 bridgehead atoms. The van der Waals surface area contributed by atoms with Crippen LogP contribution in [0.15, 0.2) is 0 Å². The zero-order valence-corrected chi connectivity index (χ0v) is 12.9. The summed E-state index contributed by atoms with van der Waals surface area (Å²) in [5.41, 5.74) is -1.40. The molecule has 6 heteroatoms. The Labute approximate surface area is 115 Å². The third-order valence-corrected chi connectivity index (χ3v) is 3.06. The first-order valence-electron chi connectivity index (χ1n) is 5.40. The maximum absolute atomic E-state index is 12.1. The molecule has 0 aromatic rings. The van der Waals surface area contributed by atoms with Crippen LogP contribution >= 0.6 is 22.6 Å². The van der Waals surface area contributed by atoms with Crippen molar-refractivity contribution in [3.05, 3.63) is 0 Å². The van der Waals surface area contributed by atoms with Crippen LogP contribution < -0.4 is 0 Å². The van der Waals surface area contributed by atoms with E-state index in [1.807, 2.05) is 0 Å². The van der Waals surface area contributed by atoms with Gasteiger partial charge in [0, 0.05) is 22.6 Å². The van der Waals surface area contributed by atoms with Gasteiger partial charge in [-0.05, 0) is 34.6 Å². The van der Waals surface area contributed by atoms with Crippen molar-refractivity contribution in [3.8, 4) is 0 Å². The molecule has 17 heavy (non-hydrogen) atoms. The van der Waals surface area contributed by atoms with E-state index in [0.29, 0.717) is 0 Å². The molecule has 1 atom stereocenters. The quantitative estimate of drug-likeness (QED) is 0.535. The molecule has 1 aliphatic heterocycles. The third kappa shape index (κ3) is 3.54. The molecule has 0 radical (unpaired) electrons. The van der Waals surface area contributed by atoms with E-state index in [9.17, 15) is 9.59 Å². The Morgan fingerprint density at radius 3 is 2.35 bits per heavy atom. The van der Waals surface area contributed by atoms with Crippen molar-refractivity contribution >= 4 is 32.5 Å². The average Bonchev–Trinajstić information content (AvgIpc) is 2.37. The number of hydrogen-bond acceptors (Lipinski definition) is 4. The van der Waals surface area contributed by atoms with Crippen LogP contribution in [0.2, 0.25) is 0 Å². The van der Waals surface area contributed by atoms with Crippen molar-refractivity contribution in [3.63, 3.8) is 0 Å². The Kier molecular flexibility index (Phi) is 4.08. The summed E-state index contributed by atoms with van der Waals surface area (Å²) in [6.07, 6.45) is -0.519. The van der Waals surface area contributed by atoms with Gasteiger partial charge in [0.05, 0.1) is 6.61 Å². The van der Waals surface area contributed by atoms with Gasteiger partial charge in [-0.2, -0.15) is 0 Å². The highest BCUT2D eigenvalue weighted by atomic mass is 127. The fourth-order valence-electron chi connectivity index (χ4n) is 1.63. The number of ether oxygens (including phenoxy) is 2. The van der Waals surface area contributed by atoms with E-state index < -0.39 is 23.5 Å². The highest BCUT2D eigenvalue weighted by Crippen LogP contribution is 2.30. The smallest absolute Gasteiger partial charge is 0.413 e. The molecule has 0 aromatic heterocycles. The molecule has 1 unspecified atom stereocenters. The van der Waals surface area contributed by atoms with Crippen LogP contribution in [0.25, 0.3) is 0 Å². The van der Waals surface area contributed by atoms with Crippen LogP contribution in [0, 0.1) is 0 Å². The van der Waals surface area contributed by atoms with Gasteiger partial charge in [-0.3, -0.25) is 9.69 Å². The molecule has 1 fully saturated rings. The first-order chi connectivity index (χ1) is 7.54. The van der Waals surface area contributed by atoms with Crippen molar-refractivity contribution in [1.82, 2.24) is 4.90 Å². The number of hydrogen-bond donors (Lipinski definition) is 0. The molecule has 0 saturated carbocycles. The summed E-state index contributed by atoms with van der Waals surface area (Å²) < 4.78 is 10.6. The van der Waals surface area contributed by atoms with E-state index in [0.717, 1.165) is 0 Å². The lowest BCUT2D eigenvalue weighted by atomic mass is 10.2. The van der Waals surface area contributed by atoms with Gasteiger partial charge in [-0.1, -0.05) is 0 Å². The molecule has 1 aliphatic rings. The highest BCUT2D eigenvalue weighted by molar-refractivity contribution is 14.1. The lowest BCUT2D eigenvalue weighted by molar-refractivity contribution is -0.114. The minimum atomic E-state index is -0.812. The fraction of sp³-hybridized carbons (Fsp3) is 0.818. The Balaban J connectivity index is 2.90. The van der Waals surface area contributed by atoms with E-state index in [-0.39, 0.29) is 10.4 Å². The number of rotatable bonds is 1. The van der Waals surface area contributed by atoms with E-state index >= 15 is 0 Å². The summed E-state index contributed by atoms with van der Waals surface area (Å²) in [6, 6.07) is -0.569. The number of amides is 1. The van der Waals surface area contributed by atoms with Gasteiger partial charge in [0.25, 0.3) is 0 Å². The van der Waals surface area contributed by atoms with Crippen molar-refractivity contribution in [2.45, 2.75) is 52.0 Å². The number of nitrogens with zero attached hydrogens (tertiary/aromatic N) is 1. The van der Waals surface area contributed by atoms with Crippen molar-refractivity contribution in [2.24, 2.45) is 0 Å². The molecule has 0 spiro atoms. The van der Waals surface area contributed by atoms with E-state index in [4.69, 9.17) is 9.47 Å². The van der Waals surface area contributed by atoms with Gasteiger partial charge in [0.15, 0.2) is 0 Å². The maximum atomic E-state index is 12.1. The van der Waals surface area contributed by atoms with Gasteiger partial charge in [-0.25, -0.2) is 4.79 Å². The minimum absolute atomic E-state index is 0.126. The van der Waals surface area contributed by atoms with Crippen LogP contribution in [0.1, 0.15) is 34.6 Å². The second kappa shape index (κ2) is 4.72. The Bertz CT molecular complexity index is 335. The third-order valence-electron chi connectivity index (χ3n) is 2.34. The Morgan fingerprint density at radius 1 is 1.41 bits per heavy atom. The molecule has 98 valence electrons. The summed E-state index contributed by atoms with van der Waals surface area (Å²) in [5.74, 6) is 0. The van der Waals surface area contributed by atoms with E-state index in [2.05, 4.69) is 0 Å². The SMILES string of the molecule is CC(C)(C)OC(=O)N1C(C(=O)I)COC1(C)C. The van der Waals surface area contributed by atoms with Crippen LogP contribution in [-0.4, -0.2) is 38.8 Å². The lowest BCUT2D eigenvalue weighted by Crippen LogP contribution is -2.51. The number of carbonyl (C=O) groups is 2. The average molecular weight is 355 g/mol. The van der Waals surface area contributed by atoms with Crippen LogP contribution in [0.4, 0.5) is 4.79 Å². The molecule has 0 N–H and O–H groups in total. The summed E-state index contributed by atoms with van der Waals surface area (Å²) >= 11 is 1.68. The second-order valence-corrected chi connectivity index (χ2v) is 6.49. The fourth-order valence-corrected chi connectivity index (χ4v) is 2.09. The first-order valence-corrected chi connectivity index (χ1v) is 6.48. The Hall–Kier alpha value is -0.370. The molecule has 1 rings (SSSR count). The molecule has 1 heterocycles. The zero-order chi connectivity index (χ0) is 13.4. The van der Waals surface area contributed by atoms with Crippen molar-refractivity contribution in [1.29, 1.82) is 0 Å². The van der Waals surface area contributed by atoms with Crippen molar-refractivity contribution < 1.29 is 19.1 Å². The molecule has 0 aromatic carbocycles. The van der Waals surface area contributed by atoms with Gasteiger partial charge in [-0.15, -0.1) is 0 Å². The predicted octanol–water partition coefficient (Wildman–Crippen LogP) is 2.32. The van der Waals surface area contributed by atoms with Gasteiger partial charge >= 0.3 is 6.09 Å². The lowest BCUT2D eigenvalue weighted by Gasteiger charge is -2.34. The number of carbonyl (C=O) groups excluding carboxylic acids is 2. The summed E-state index contributed by atoms with van der Waals surface area (Å²) in [7, 11) is 0. The highest BCUT2D eigenvalue weighted by Gasteiger charge is 2.48. The van der Waals surface area contributed by atoms with E-state index in [1.165, 1.54) is 4.90 Å². The topological polar surface area (TPSA) is 55.8 Å². The second-order valence-electron chi connectivity index (χ2n) is 5.43. The van der Waals surface area contributed by atoms with Crippen LogP contribution in [-0.2, 0) is 14.3 Å². The molecular formula is C11H18INO4. The minimum Gasteiger partial charge on any atom is -0.444 e. The van der Waals surface area contributed by atoms with Crippen molar-refractivity contribution in [2.75, 3.05) is 6.61 Å². The Morgan fingerprint density at radius 2 is 1.94 bits per heavy atom. The predicted molar refractivity (Wildman–Crippen MR) is 70.9 cm³/mol. The standard InChI is InChI=1S/C11H18INO4/c1-10(2,3)17-9(15)13-7(8(12)14)6-16-11(13,4)5/h7H,6H2,1-5H3. The van der Waals surface area contributed by atoms with Crippen LogP contribution in [0.5, 0.6) is 0 Å². The maximum Gasteiger partial charge on any atom is 0.413 e. The number of halogens is 1. The normalized spacial score (nSPS) is 23.6. The molecular weight excluding hydrogens is 337 g/mol. The monoisotopic (exact) mass is 355 g/mol. The molecule has 0 aliphatic carbocycles. The summed E-state index contributed by atoms with van der Waals surface area (Å²) in [5, 5.41) is 0. The van der Waals surface area contributed by atoms with E-state index in [1.54, 1.807) is 57.2 Å². The van der Waals surface area contributed by atoms with Gasteiger partial charge in [0.1, 0.15) is 17.4 Å². The van der Waals surface area contributed by atoms with Gasteiger partial charge < -0.3 is 9.47 Å². The van der Waals surface area contributed by atoms with Crippen LogP contribution in [0.3, 0.4) is 0 Å². The molecule has 5 nitrogen and oxygen atoms in total. The first kappa shape index (κ1) is 14.7. The molecule has 1 amide bonds.